The largest absolute Gasteiger partial charge is 0.396 e. The van der Waals surface area contributed by atoms with Gasteiger partial charge < -0.3 is 33.5 Å². The van der Waals surface area contributed by atoms with Gasteiger partial charge in [0, 0.05) is 19.4 Å². The second-order valence-electron chi connectivity index (χ2n) is 11.3. The first-order valence-electron chi connectivity index (χ1n) is 12.8. The van der Waals surface area contributed by atoms with E-state index >= 15 is 0 Å². The van der Waals surface area contributed by atoms with Crippen LogP contribution >= 0.6 is 0 Å². The summed E-state index contributed by atoms with van der Waals surface area (Å²) in [7, 11) is 0. The highest BCUT2D eigenvalue weighted by Gasteiger charge is 2.58. The summed E-state index contributed by atoms with van der Waals surface area (Å²) in [5, 5.41) is 9.77. The fraction of sp³-hybridized carbons (Fsp3) is 0.778. The normalized spacial score (nSPS) is 43.8. The smallest absolute Gasteiger partial charge is 0.163 e. The van der Waals surface area contributed by atoms with E-state index in [1.165, 1.54) is 0 Å². The third-order valence-electron chi connectivity index (χ3n) is 8.01. The van der Waals surface area contributed by atoms with E-state index in [0.29, 0.717) is 26.1 Å². The Morgan fingerprint density at radius 2 is 1.68 bits per heavy atom. The van der Waals surface area contributed by atoms with Crippen LogP contribution in [0.3, 0.4) is 0 Å². The average Bonchev–Trinajstić information content (AvgIpc) is 2.95. The molecule has 190 valence electrons. The number of fused-ring (bicyclic) bond motifs is 3. The molecule has 0 saturated carbocycles. The standard InChI is InChI=1S/C27H40O7/c1-25(2)29-16-22-20(33-25)11-10-19-21(31-22)14-24-27(4,34-19)17-26(3,23(32-24)12-13-28)30-15-18-8-6-5-7-9-18/h5-9,19-24,28H,10-17H2,1-4H3/t19-,20+,21+,22-,23+,24-,26-,27+/m1/s1. The Morgan fingerprint density at radius 1 is 0.941 bits per heavy atom. The molecule has 8 atom stereocenters. The van der Waals surface area contributed by atoms with Gasteiger partial charge in [0.1, 0.15) is 6.10 Å². The van der Waals surface area contributed by atoms with Crippen molar-refractivity contribution in [2.45, 2.75) is 120 Å². The van der Waals surface area contributed by atoms with E-state index < -0.39 is 17.0 Å². The van der Waals surface area contributed by atoms with Crippen molar-refractivity contribution in [2.24, 2.45) is 0 Å². The molecule has 0 spiro atoms. The summed E-state index contributed by atoms with van der Waals surface area (Å²) in [5.41, 5.74) is 0.0546. The average molecular weight is 477 g/mol. The van der Waals surface area contributed by atoms with Gasteiger partial charge in [0.25, 0.3) is 0 Å². The molecule has 0 unspecified atom stereocenters. The van der Waals surface area contributed by atoms with E-state index in [9.17, 15) is 5.11 Å². The van der Waals surface area contributed by atoms with Gasteiger partial charge in [-0.2, -0.15) is 0 Å². The second kappa shape index (κ2) is 9.43. The first-order valence-corrected chi connectivity index (χ1v) is 12.8. The molecule has 4 aliphatic rings. The minimum Gasteiger partial charge on any atom is -0.396 e. The molecule has 0 radical (unpaired) electrons. The van der Waals surface area contributed by atoms with Crippen LogP contribution in [0.2, 0.25) is 0 Å². The van der Waals surface area contributed by atoms with Gasteiger partial charge in [-0.3, -0.25) is 0 Å². The van der Waals surface area contributed by atoms with Crippen molar-refractivity contribution in [2.75, 3.05) is 13.2 Å². The van der Waals surface area contributed by atoms with Crippen LogP contribution in [-0.4, -0.2) is 71.9 Å². The van der Waals surface area contributed by atoms with E-state index in [0.717, 1.165) is 24.8 Å². The van der Waals surface area contributed by atoms with Gasteiger partial charge in [-0.1, -0.05) is 30.3 Å². The Bertz CT molecular complexity index is 832. The van der Waals surface area contributed by atoms with Gasteiger partial charge in [-0.25, -0.2) is 0 Å². The molecule has 1 aromatic carbocycles. The minimum atomic E-state index is -0.584. The number of benzene rings is 1. The Balaban J connectivity index is 1.32. The lowest BCUT2D eigenvalue weighted by Gasteiger charge is -2.57. The van der Waals surface area contributed by atoms with Gasteiger partial charge in [-0.15, -0.1) is 0 Å². The van der Waals surface area contributed by atoms with E-state index in [4.69, 9.17) is 28.4 Å². The maximum atomic E-state index is 9.77. The Hall–Kier alpha value is -1.06. The molecule has 7 heteroatoms. The SMILES string of the molecule is CC1(C)OC[C@H]2O[C@H]3C[C@H]4O[C@@H](CCO)[C@](C)(OCc5ccccc5)C[C@]4(C)O[C@@H]3CC[C@@H]2O1. The first kappa shape index (κ1) is 24.6. The molecule has 1 aromatic rings. The van der Waals surface area contributed by atoms with E-state index in [1.807, 2.05) is 32.0 Å². The number of hydrogen-bond acceptors (Lipinski definition) is 7. The van der Waals surface area contributed by atoms with Crippen LogP contribution in [0.1, 0.15) is 65.4 Å². The number of ether oxygens (including phenoxy) is 6. The first-order chi connectivity index (χ1) is 16.2. The Labute approximate surface area is 203 Å². The van der Waals surface area contributed by atoms with Crippen LogP contribution in [0.5, 0.6) is 0 Å². The van der Waals surface area contributed by atoms with Crippen molar-refractivity contribution in [3.05, 3.63) is 35.9 Å². The number of aliphatic hydroxyl groups is 1. The van der Waals surface area contributed by atoms with Gasteiger partial charge in [0.15, 0.2) is 5.79 Å². The van der Waals surface area contributed by atoms with Crippen LogP contribution in [0, 0.1) is 0 Å². The molecule has 4 heterocycles. The molecule has 0 bridgehead atoms. The fourth-order valence-corrected chi connectivity index (χ4v) is 6.25. The molecule has 0 aromatic heterocycles. The highest BCUT2D eigenvalue weighted by atomic mass is 16.7. The minimum absolute atomic E-state index is 0.00955. The Kier molecular flexibility index (Phi) is 6.83. The lowest BCUT2D eigenvalue weighted by atomic mass is 9.74. The number of rotatable bonds is 5. The Morgan fingerprint density at radius 3 is 2.41 bits per heavy atom. The highest BCUT2D eigenvalue weighted by Crippen LogP contribution is 2.48. The molecule has 5 rings (SSSR count). The molecule has 1 N–H and O–H groups in total. The maximum Gasteiger partial charge on any atom is 0.163 e. The number of aliphatic hydroxyl groups excluding tert-OH is 1. The zero-order valence-corrected chi connectivity index (χ0v) is 20.9. The van der Waals surface area contributed by atoms with Crippen molar-refractivity contribution < 1.29 is 33.5 Å². The van der Waals surface area contributed by atoms with Crippen LogP contribution < -0.4 is 0 Å². The van der Waals surface area contributed by atoms with Gasteiger partial charge in [0.2, 0.25) is 0 Å². The summed E-state index contributed by atoms with van der Waals surface area (Å²) >= 11 is 0. The molecule has 0 amide bonds. The van der Waals surface area contributed by atoms with Crippen molar-refractivity contribution in [1.29, 1.82) is 0 Å². The third-order valence-corrected chi connectivity index (χ3v) is 8.01. The van der Waals surface area contributed by atoms with Crippen molar-refractivity contribution in [3.8, 4) is 0 Å². The van der Waals surface area contributed by atoms with Gasteiger partial charge in [0.05, 0.1) is 54.9 Å². The third kappa shape index (κ3) is 4.94. The summed E-state index contributed by atoms with van der Waals surface area (Å²) in [6.07, 6.45) is 3.23. The van der Waals surface area contributed by atoms with Gasteiger partial charge >= 0.3 is 0 Å². The molecule has 7 nitrogen and oxygen atoms in total. The van der Waals surface area contributed by atoms with E-state index in [1.54, 1.807) is 0 Å². The fourth-order valence-electron chi connectivity index (χ4n) is 6.25. The zero-order valence-electron chi connectivity index (χ0n) is 20.9. The summed E-state index contributed by atoms with van der Waals surface area (Å²) in [4.78, 5) is 0. The van der Waals surface area contributed by atoms with Crippen LogP contribution in [0.25, 0.3) is 0 Å². The molecule has 4 fully saturated rings. The van der Waals surface area contributed by atoms with Crippen LogP contribution in [0.4, 0.5) is 0 Å². The molecule has 4 saturated heterocycles. The van der Waals surface area contributed by atoms with Crippen molar-refractivity contribution in [1.82, 2.24) is 0 Å². The molecule has 34 heavy (non-hydrogen) atoms. The predicted octanol–water partition coefficient (Wildman–Crippen LogP) is 3.75. The summed E-state index contributed by atoms with van der Waals surface area (Å²) < 4.78 is 38.5. The lowest BCUT2D eigenvalue weighted by Crippen LogP contribution is -2.66. The van der Waals surface area contributed by atoms with Crippen LogP contribution in [0.15, 0.2) is 30.3 Å². The number of hydrogen-bond donors (Lipinski definition) is 1. The van der Waals surface area contributed by atoms with E-state index in [-0.39, 0.29) is 43.2 Å². The molecular weight excluding hydrogens is 436 g/mol. The summed E-state index contributed by atoms with van der Waals surface area (Å²) in [5.74, 6) is -0.584. The predicted molar refractivity (Wildman–Crippen MR) is 125 cm³/mol. The van der Waals surface area contributed by atoms with Crippen LogP contribution in [-0.2, 0) is 35.0 Å². The molecular formula is C27H40O7. The summed E-state index contributed by atoms with van der Waals surface area (Å²) in [6, 6.07) is 10.2. The monoisotopic (exact) mass is 476 g/mol. The van der Waals surface area contributed by atoms with Gasteiger partial charge in [-0.05, 0) is 52.5 Å². The molecule has 0 aliphatic carbocycles. The maximum absolute atomic E-state index is 9.77. The summed E-state index contributed by atoms with van der Waals surface area (Å²) in [6.45, 7) is 9.23. The highest BCUT2D eigenvalue weighted by molar-refractivity contribution is 5.14. The second-order valence-corrected chi connectivity index (χ2v) is 11.3. The van der Waals surface area contributed by atoms with Crippen molar-refractivity contribution >= 4 is 0 Å². The zero-order chi connectivity index (χ0) is 24.0. The topological polar surface area (TPSA) is 75.6 Å². The quantitative estimate of drug-likeness (QED) is 0.694. The lowest BCUT2D eigenvalue weighted by molar-refractivity contribution is -0.334. The van der Waals surface area contributed by atoms with Crippen molar-refractivity contribution in [3.63, 3.8) is 0 Å². The van der Waals surface area contributed by atoms with E-state index in [2.05, 4.69) is 26.0 Å². The molecule has 4 aliphatic heterocycles.